The van der Waals surface area contributed by atoms with Crippen LogP contribution in [0.15, 0.2) is 0 Å². The van der Waals surface area contributed by atoms with Crippen molar-refractivity contribution in [1.82, 2.24) is 0 Å². The van der Waals surface area contributed by atoms with Crippen molar-refractivity contribution in [2.45, 2.75) is 0 Å². The second-order valence-corrected chi connectivity index (χ2v) is 3.05. The van der Waals surface area contributed by atoms with Crippen molar-refractivity contribution < 1.29 is 54.0 Å². The number of amidine groups is 4. The van der Waals surface area contributed by atoms with Gasteiger partial charge in [-0.05, 0) is 0 Å². The first-order valence-corrected chi connectivity index (χ1v) is 5.05. The topological polar surface area (TPSA) is 376 Å². The molecule has 157 valence electrons. The molecule has 0 aliphatic rings. The molecular weight excluding hydrogens is 450 g/mol. The Morgan fingerprint density at radius 3 is 0.462 bits per heavy atom. The Kier molecular flexibility index (Phi) is 32.1. The van der Waals surface area contributed by atoms with Gasteiger partial charge in [-0.2, -0.15) is 0 Å². The summed E-state index contributed by atoms with van der Waals surface area (Å²) in [5.74, 6) is -5.93. The summed E-state index contributed by atoms with van der Waals surface area (Å²) in [7, 11) is 0. The van der Waals surface area contributed by atoms with E-state index >= 15 is 0 Å². The molecule has 0 aliphatic carbocycles. The van der Waals surface area contributed by atoms with E-state index in [1.165, 1.54) is 0 Å². The maximum atomic E-state index is 7.86. The minimum Gasteiger partial charge on any atom is -0.491 e. The van der Waals surface area contributed by atoms with Gasteiger partial charge in [-0.15, -0.1) is 0 Å². The van der Waals surface area contributed by atoms with Crippen LogP contribution < -0.4 is 22.9 Å². The van der Waals surface area contributed by atoms with E-state index in [-0.39, 0.29) is 33.6 Å². The summed E-state index contributed by atoms with van der Waals surface area (Å²) >= 11 is 0. The molecule has 0 bridgehead atoms. The van der Waals surface area contributed by atoms with Crippen LogP contribution in [0.4, 0.5) is 0 Å². The third-order valence-electron chi connectivity index (χ3n) is 1.02. The zero-order valence-corrected chi connectivity index (χ0v) is 14.6. The molecule has 0 aliphatic heterocycles. The van der Waals surface area contributed by atoms with E-state index in [0.29, 0.717) is 0 Å². The quantitative estimate of drug-likeness (QED) is 0.104. The molecule has 0 saturated carbocycles. The molecule has 0 spiro atoms. The summed E-state index contributed by atoms with van der Waals surface area (Å²) in [5, 5.41) is 81.1. The van der Waals surface area contributed by atoms with Crippen LogP contribution in [0.2, 0.25) is 0 Å². The normalized spacial score (nSPS) is 6.77. The van der Waals surface area contributed by atoms with Crippen LogP contribution in [0.5, 0.6) is 0 Å². The smallest absolute Gasteiger partial charge is 0.246 e. The van der Waals surface area contributed by atoms with Gasteiger partial charge in [-0.3, -0.25) is 43.3 Å². The molecule has 0 heterocycles. The zero-order chi connectivity index (χ0) is 20.6. The Morgan fingerprint density at radius 2 is 0.462 bits per heavy atom. The summed E-state index contributed by atoms with van der Waals surface area (Å²) in [6, 6.07) is 0. The number of rotatable bonds is 0. The summed E-state index contributed by atoms with van der Waals surface area (Å²) < 4.78 is 0. The van der Waals surface area contributed by atoms with E-state index < -0.39 is 46.9 Å². The predicted molar refractivity (Wildman–Crippen MR) is 89.1 cm³/mol. The van der Waals surface area contributed by atoms with E-state index in [1.807, 2.05) is 0 Å². The van der Waals surface area contributed by atoms with Crippen molar-refractivity contribution in [1.29, 1.82) is 43.3 Å². The van der Waals surface area contributed by atoms with Gasteiger partial charge < -0.3 is 43.4 Å². The summed E-state index contributed by atoms with van der Waals surface area (Å²) in [6.07, 6.45) is 0. The fourth-order valence-corrected chi connectivity index (χ4v) is 0. The monoisotopic (exact) mass is 469 g/mol. The summed E-state index contributed by atoms with van der Waals surface area (Å²) in [5.41, 5.74) is 18.2. The molecular formula is C8H20CuN12NiO4. The van der Waals surface area contributed by atoms with Gasteiger partial charge in [0.15, 0.2) is 23.3 Å². The number of hydrogen-bond donors (Lipinski definition) is 16. The molecule has 0 saturated heterocycles. The molecule has 0 aromatic rings. The molecule has 0 aromatic carbocycles. The van der Waals surface area contributed by atoms with Crippen molar-refractivity contribution >= 4 is 46.9 Å². The van der Waals surface area contributed by atoms with Gasteiger partial charge >= 0.3 is 0 Å². The van der Waals surface area contributed by atoms with Gasteiger partial charge in [0.2, 0.25) is 23.6 Å². The molecule has 18 heteroatoms. The predicted octanol–water partition coefficient (Wildman–Crippen LogP) is -2.17. The molecule has 1 radical (unpaired) electrons. The van der Waals surface area contributed by atoms with Gasteiger partial charge in [0, 0.05) is 33.6 Å². The Hall–Kier alpha value is -3.23. The standard InChI is InChI=1S/4C2H5N3O.Cu.Ni/c4*3-1(4)2(5)6;;/h4*(H3,3,4)(H2,5,6);;. The third-order valence-corrected chi connectivity index (χ3v) is 1.02. The average molecular weight is 471 g/mol. The van der Waals surface area contributed by atoms with Gasteiger partial charge in [0.25, 0.3) is 0 Å². The van der Waals surface area contributed by atoms with Gasteiger partial charge in [-0.25, -0.2) is 0 Å². The van der Waals surface area contributed by atoms with Crippen LogP contribution in [-0.4, -0.2) is 67.4 Å². The molecule has 26 heavy (non-hydrogen) atoms. The molecule has 20 N–H and O–H groups in total. The number of nitrogens with two attached hydrogens (primary N) is 4. The van der Waals surface area contributed by atoms with E-state index in [1.54, 1.807) is 0 Å². The van der Waals surface area contributed by atoms with Crippen molar-refractivity contribution in [3.8, 4) is 0 Å². The molecule has 0 amide bonds. The number of aliphatic hydroxyl groups is 4. The van der Waals surface area contributed by atoms with Gasteiger partial charge in [-0.1, -0.05) is 0 Å². The second kappa shape index (κ2) is 21.8. The Labute approximate surface area is 167 Å². The van der Waals surface area contributed by atoms with E-state index in [4.69, 9.17) is 63.7 Å². The largest absolute Gasteiger partial charge is 0.491 e. The summed E-state index contributed by atoms with van der Waals surface area (Å²) in [6.45, 7) is 0. The number of aliphatic hydroxyl groups excluding tert-OH is 4. The first kappa shape index (κ1) is 38.4. The van der Waals surface area contributed by atoms with Crippen LogP contribution in [-0.2, 0) is 33.6 Å². The van der Waals surface area contributed by atoms with E-state index in [0.717, 1.165) is 0 Å². The SMILES string of the molecule is N=C(N)C(=N)O.N=C(N)C(=N)O.N=C(N)C(=N)O.N=C(N)C(=N)O.[Cu].[Ni]. The second-order valence-electron chi connectivity index (χ2n) is 3.05. The molecule has 0 aromatic heterocycles. The Balaban J connectivity index is -0.0000000500. The molecule has 0 atom stereocenters. The third kappa shape index (κ3) is 49.8. The van der Waals surface area contributed by atoms with Gasteiger partial charge in [0.05, 0.1) is 0 Å². The molecule has 16 nitrogen and oxygen atoms in total. The van der Waals surface area contributed by atoms with Crippen molar-refractivity contribution in [2.24, 2.45) is 22.9 Å². The Bertz CT molecular complexity index is 407. The van der Waals surface area contributed by atoms with Crippen molar-refractivity contribution in [3.05, 3.63) is 0 Å². The van der Waals surface area contributed by atoms with Crippen LogP contribution in [0.25, 0.3) is 0 Å². The maximum Gasteiger partial charge on any atom is 0.246 e. The van der Waals surface area contributed by atoms with Crippen LogP contribution in [0.1, 0.15) is 0 Å². The molecule has 0 rings (SSSR count). The minimum absolute atomic E-state index is 0. The van der Waals surface area contributed by atoms with E-state index in [9.17, 15) is 0 Å². The zero-order valence-electron chi connectivity index (χ0n) is 12.7. The van der Waals surface area contributed by atoms with Crippen LogP contribution >= 0.6 is 0 Å². The molecule has 0 fully saturated rings. The van der Waals surface area contributed by atoms with E-state index in [2.05, 4.69) is 22.9 Å². The van der Waals surface area contributed by atoms with Crippen LogP contribution in [0, 0.1) is 43.3 Å². The summed E-state index contributed by atoms with van der Waals surface area (Å²) in [4.78, 5) is 0. The van der Waals surface area contributed by atoms with Gasteiger partial charge in [0.1, 0.15) is 0 Å². The minimum atomic E-state index is -0.880. The van der Waals surface area contributed by atoms with Crippen molar-refractivity contribution in [2.75, 3.05) is 0 Å². The fraction of sp³-hybridized carbons (Fsp3) is 0. The first-order valence-electron chi connectivity index (χ1n) is 5.05. The Morgan fingerprint density at radius 1 is 0.423 bits per heavy atom. The number of nitrogens with one attached hydrogen (secondary N) is 8. The maximum absolute atomic E-state index is 7.86. The van der Waals surface area contributed by atoms with Crippen molar-refractivity contribution in [3.63, 3.8) is 0 Å². The number of hydrogen-bond acceptors (Lipinski definition) is 8. The first-order chi connectivity index (χ1) is 10.6. The molecule has 0 unspecified atom stereocenters. The average Bonchev–Trinajstić information content (AvgIpc) is 2.40. The van der Waals surface area contributed by atoms with Crippen LogP contribution in [0.3, 0.4) is 0 Å². The fourth-order valence-electron chi connectivity index (χ4n) is 0.